The van der Waals surface area contributed by atoms with Crippen LogP contribution in [0.25, 0.3) is 0 Å². The maximum atomic E-state index is 2.33. The van der Waals surface area contributed by atoms with Crippen LogP contribution in [-0.4, -0.2) is 13.6 Å². The Kier molecular flexibility index (Phi) is 18.8. The summed E-state index contributed by atoms with van der Waals surface area (Å²) >= 11 is 0. The summed E-state index contributed by atoms with van der Waals surface area (Å²) in [4.78, 5) is 1.64. The fraction of sp³-hybridized carbons (Fsp3) is 0.750. The molecule has 0 saturated heterocycles. The van der Waals surface area contributed by atoms with Crippen molar-refractivity contribution >= 4 is 0 Å². The molecule has 0 aromatic heterocycles. The van der Waals surface area contributed by atoms with E-state index < -0.39 is 0 Å². The molecule has 0 spiro atoms. The smallest absolute Gasteiger partial charge is 0.103 e. The van der Waals surface area contributed by atoms with Crippen molar-refractivity contribution in [1.29, 1.82) is 0 Å². The minimum absolute atomic E-state index is 0. The SMILES string of the molecule is CCCCCCCCCCCCCCCC[NH+](C)Cc1ccccc1.[Cl-]. The van der Waals surface area contributed by atoms with Gasteiger partial charge in [-0.15, -0.1) is 0 Å². The van der Waals surface area contributed by atoms with E-state index in [0.717, 1.165) is 0 Å². The number of hydrogen-bond acceptors (Lipinski definition) is 0. The van der Waals surface area contributed by atoms with E-state index in [1.54, 1.807) is 4.90 Å². The first-order valence-electron chi connectivity index (χ1n) is 11.2. The molecule has 0 aliphatic heterocycles. The highest BCUT2D eigenvalue weighted by Crippen LogP contribution is 2.12. The van der Waals surface area contributed by atoms with E-state index in [1.807, 2.05) is 0 Å². The molecule has 0 amide bonds. The predicted octanol–water partition coefficient (Wildman–Crippen LogP) is 3.19. The summed E-state index contributed by atoms with van der Waals surface area (Å²) in [5.41, 5.74) is 1.46. The van der Waals surface area contributed by atoms with Gasteiger partial charge in [0.1, 0.15) is 6.54 Å². The average molecular weight is 382 g/mol. The Bertz CT molecular complexity index is 379. The molecular formula is C24H44ClN. The van der Waals surface area contributed by atoms with E-state index in [9.17, 15) is 0 Å². The Balaban J connectivity index is 0.00000625. The van der Waals surface area contributed by atoms with Gasteiger partial charge in [-0.1, -0.05) is 114 Å². The molecule has 0 heterocycles. The van der Waals surface area contributed by atoms with Gasteiger partial charge in [0.2, 0.25) is 0 Å². The van der Waals surface area contributed by atoms with Gasteiger partial charge in [-0.3, -0.25) is 0 Å². The van der Waals surface area contributed by atoms with Crippen LogP contribution in [0.15, 0.2) is 30.3 Å². The maximum Gasteiger partial charge on any atom is 0.103 e. The first kappa shape index (κ1) is 25.5. The summed E-state index contributed by atoms with van der Waals surface area (Å²) in [5.74, 6) is 0. The largest absolute Gasteiger partial charge is 1.00 e. The number of hydrogen-bond donors (Lipinski definition) is 1. The molecule has 1 aromatic rings. The number of rotatable bonds is 17. The molecule has 0 saturated carbocycles. The van der Waals surface area contributed by atoms with Crippen molar-refractivity contribution in [2.75, 3.05) is 13.6 Å². The molecule has 0 radical (unpaired) electrons. The van der Waals surface area contributed by atoms with Gasteiger partial charge in [0.15, 0.2) is 0 Å². The summed E-state index contributed by atoms with van der Waals surface area (Å²) in [5, 5.41) is 0. The summed E-state index contributed by atoms with van der Waals surface area (Å²) in [6.45, 7) is 4.77. The number of nitrogens with one attached hydrogen (secondary N) is 1. The molecule has 1 unspecified atom stereocenters. The van der Waals surface area contributed by atoms with Crippen molar-refractivity contribution in [1.82, 2.24) is 0 Å². The Morgan fingerprint density at radius 3 is 1.50 bits per heavy atom. The Morgan fingerprint density at radius 1 is 0.615 bits per heavy atom. The zero-order valence-electron chi connectivity index (χ0n) is 17.6. The van der Waals surface area contributed by atoms with Crippen LogP contribution in [0.5, 0.6) is 0 Å². The summed E-state index contributed by atoms with van der Waals surface area (Å²) < 4.78 is 0. The molecule has 1 N–H and O–H groups in total. The van der Waals surface area contributed by atoms with Crippen LogP contribution in [0.3, 0.4) is 0 Å². The van der Waals surface area contributed by atoms with Crippen LogP contribution in [0, 0.1) is 0 Å². The lowest BCUT2D eigenvalue weighted by atomic mass is 10.0. The van der Waals surface area contributed by atoms with Gasteiger partial charge in [0, 0.05) is 5.56 Å². The maximum absolute atomic E-state index is 2.33. The molecular weight excluding hydrogens is 338 g/mol. The fourth-order valence-corrected chi connectivity index (χ4v) is 3.65. The lowest BCUT2D eigenvalue weighted by Gasteiger charge is -2.13. The third-order valence-corrected chi connectivity index (χ3v) is 5.31. The second-order valence-electron chi connectivity index (χ2n) is 7.97. The van der Waals surface area contributed by atoms with Gasteiger partial charge in [0.05, 0.1) is 13.6 Å². The summed E-state index contributed by atoms with van der Waals surface area (Å²) in [6, 6.07) is 10.9. The fourth-order valence-electron chi connectivity index (χ4n) is 3.65. The standard InChI is InChI=1S/C24H43N.ClH/c1-3-4-5-6-7-8-9-10-11-12-13-14-15-19-22-25(2)23-24-20-17-16-18-21-24;/h16-18,20-21H,3-15,19,22-23H2,1-2H3;1H. The first-order valence-corrected chi connectivity index (χ1v) is 11.2. The van der Waals surface area contributed by atoms with Crippen LogP contribution >= 0.6 is 0 Å². The third kappa shape index (κ3) is 15.7. The minimum atomic E-state index is 0. The monoisotopic (exact) mass is 381 g/mol. The van der Waals surface area contributed by atoms with E-state index in [4.69, 9.17) is 0 Å². The molecule has 0 fully saturated rings. The lowest BCUT2D eigenvalue weighted by Crippen LogP contribution is -3.07. The van der Waals surface area contributed by atoms with E-state index in [2.05, 4.69) is 44.3 Å². The van der Waals surface area contributed by atoms with Crippen molar-refractivity contribution < 1.29 is 17.3 Å². The predicted molar refractivity (Wildman–Crippen MR) is 112 cm³/mol. The van der Waals surface area contributed by atoms with E-state index in [0.29, 0.717) is 0 Å². The number of halogens is 1. The van der Waals surface area contributed by atoms with Gasteiger partial charge in [-0.25, -0.2) is 0 Å². The van der Waals surface area contributed by atoms with Crippen LogP contribution in [-0.2, 0) is 6.54 Å². The van der Waals surface area contributed by atoms with Crippen LogP contribution in [0.2, 0.25) is 0 Å². The molecule has 1 atom stereocenters. The molecule has 26 heavy (non-hydrogen) atoms. The van der Waals surface area contributed by atoms with E-state index in [1.165, 1.54) is 109 Å². The highest BCUT2D eigenvalue weighted by Gasteiger charge is 2.02. The summed E-state index contributed by atoms with van der Waals surface area (Å²) in [7, 11) is 2.33. The number of quaternary nitrogens is 1. The van der Waals surface area contributed by atoms with Crippen molar-refractivity contribution in [3.05, 3.63) is 35.9 Å². The number of unbranched alkanes of at least 4 members (excludes halogenated alkanes) is 13. The normalized spacial score (nSPS) is 11.9. The third-order valence-electron chi connectivity index (χ3n) is 5.31. The minimum Gasteiger partial charge on any atom is -1.00 e. The zero-order chi connectivity index (χ0) is 18.0. The van der Waals surface area contributed by atoms with Crippen molar-refractivity contribution in [3.63, 3.8) is 0 Å². The Hall–Kier alpha value is -0.530. The lowest BCUT2D eigenvalue weighted by molar-refractivity contribution is -0.894. The number of benzene rings is 1. The Morgan fingerprint density at radius 2 is 1.04 bits per heavy atom. The molecule has 1 nitrogen and oxygen atoms in total. The summed E-state index contributed by atoms with van der Waals surface area (Å²) in [6.07, 6.45) is 20.2. The van der Waals surface area contributed by atoms with E-state index >= 15 is 0 Å². The van der Waals surface area contributed by atoms with Crippen LogP contribution in [0.1, 0.15) is 102 Å². The molecule has 0 aliphatic carbocycles. The molecule has 0 bridgehead atoms. The second kappa shape index (κ2) is 19.2. The average Bonchev–Trinajstić information content (AvgIpc) is 2.63. The second-order valence-corrected chi connectivity index (χ2v) is 7.97. The Labute approximate surface area is 170 Å². The van der Waals surface area contributed by atoms with Gasteiger partial charge in [-0.2, -0.15) is 0 Å². The van der Waals surface area contributed by atoms with Gasteiger partial charge >= 0.3 is 0 Å². The van der Waals surface area contributed by atoms with E-state index in [-0.39, 0.29) is 12.4 Å². The molecule has 1 rings (SSSR count). The van der Waals surface area contributed by atoms with Gasteiger partial charge in [-0.05, 0) is 12.8 Å². The molecule has 2 heteroatoms. The van der Waals surface area contributed by atoms with Crippen molar-refractivity contribution in [2.24, 2.45) is 0 Å². The quantitative estimate of drug-likeness (QED) is 0.395. The van der Waals surface area contributed by atoms with Crippen molar-refractivity contribution in [3.8, 4) is 0 Å². The van der Waals surface area contributed by atoms with Crippen LogP contribution < -0.4 is 17.3 Å². The van der Waals surface area contributed by atoms with Gasteiger partial charge in [0.25, 0.3) is 0 Å². The topological polar surface area (TPSA) is 4.44 Å². The highest BCUT2D eigenvalue weighted by atomic mass is 35.5. The molecule has 1 aromatic carbocycles. The van der Waals surface area contributed by atoms with Crippen molar-refractivity contribution in [2.45, 2.75) is 103 Å². The molecule has 152 valence electrons. The molecule has 0 aliphatic rings. The highest BCUT2D eigenvalue weighted by molar-refractivity contribution is 5.13. The van der Waals surface area contributed by atoms with Gasteiger partial charge < -0.3 is 17.3 Å². The van der Waals surface area contributed by atoms with Crippen LogP contribution in [0.4, 0.5) is 0 Å². The zero-order valence-corrected chi connectivity index (χ0v) is 18.3. The first-order chi connectivity index (χ1) is 12.3.